The number of carboxylic acid groups (broad SMARTS) is 1. The number of aryl methyl sites for hydroxylation is 2. The maximum Gasteiger partial charge on any atom is 0.337 e. The number of nitrogens with one attached hydrogen (secondary N) is 1. The maximum absolute atomic E-state index is 11.1. The summed E-state index contributed by atoms with van der Waals surface area (Å²) in [5, 5.41) is 12.4. The van der Waals surface area contributed by atoms with E-state index in [1.54, 1.807) is 6.07 Å². The second-order valence-corrected chi connectivity index (χ2v) is 6.47. The van der Waals surface area contributed by atoms with Gasteiger partial charge in [-0.05, 0) is 19.4 Å². The van der Waals surface area contributed by atoms with Crippen LogP contribution in [0.4, 0.5) is 5.95 Å². The minimum absolute atomic E-state index is 0.145. The molecule has 8 heteroatoms. The lowest BCUT2D eigenvalue weighted by atomic mass is 10.2. The van der Waals surface area contributed by atoms with E-state index in [4.69, 9.17) is 5.11 Å². The van der Waals surface area contributed by atoms with Crippen molar-refractivity contribution in [1.29, 1.82) is 0 Å². The first-order valence-corrected chi connectivity index (χ1v) is 8.85. The summed E-state index contributed by atoms with van der Waals surface area (Å²) < 4.78 is 4.13. The van der Waals surface area contributed by atoms with Crippen LogP contribution in [0.15, 0.2) is 24.7 Å². The molecule has 0 aliphatic rings. The summed E-state index contributed by atoms with van der Waals surface area (Å²) in [6.07, 6.45) is 6.14. The first-order chi connectivity index (χ1) is 12.5. The highest BCUT2D eigenvalue weighted by molar-refractivity contribution is 5.91. The molecule has 0 radical (unpaired) electrons. The second kappa shape index (κ2) is 7.55. The smallest absolute Gasteiger partial charge is 0.337 e. The van der Waals surface area contributed by atoms with Crippen LogP contribution in [0.25, 0.3) is 11.2 Å². The minimum Gasteiger partial charge on any atom is -0.478 e. The molecular weight excluding hydrogens is 332 g/mol. The molecule has 3 heterocycles. The monoisotopic (exact) mass is 356 g/mol. The molecule has 0 aromatic carbocycles. The molecule has 0 saturated carbocycles. The Morgan fingerprint density at radius 1 is 1.35 bits per heavy atom. The van der Waals surface area contributed by atoms with Crippen molar-refractivity contribution >= 4 is 23.1 Å². The molecule has 0 atom stereocenters. The lowest BCUT2D eigenvalue weighted by molar-refractivity contribution is 0.0696. The van der Waals surface area contributed by atoms with Gasteiger partial charge in [-0.25, -0.2) is 19.7 Å². The predicted molar refractivity (Wildman–Crippen MR) is 99.6 cm³/mol. The van der Waals surface area contributed by atoms with Crippen molar-refractivity contribution in [3.8, 4) is 0 Å². The van der Waals surface area contributed by atoms with Crippen LogP contribution in [0.3, 0.4) is 0 Å². The molecule has 2 N–H and O–H groups in total. The van der Waals surface area contributed by atoms with E-state index in [9.17, 15) is 4.79 Å². The molecule has 0 fully saturated rings. The highest BCUT2D eigenvalue weighted by Gasteiger charge is 2.13. The Bertz CT molecular complexity index is 912. The van der Waals surface area contributed by atoms with Crippen LogP contribution < -0.4 is 5.32 Å². The Labute approximate surface area is 151 Å². The van der Waals surface area contributed by atoms with Gasteiger partial charge < -0.3 is 15.0 Å². The van der Waals surface area contributed by atoms with Gasteiger partial charge >= 0.3 is 5.97 Å². The fourth-order valence-corrected chi connectivity index (χ4v) is 3.02. The Balaban J connectivity index is 1.68. The molecule has 0 spiro atoms. The summed E-state index contributed by atoms with van der Waals surface area (Å²) in [6, 6.07) is 1.56. The summed E-state index contributed by atoms with van der Waals surface area (Å²) in [4.78, 5) is 24.3. The molecule has 138 valence electrons. The normalized spacial score (nSPS) is 11.4. The van der Waals surface area contributed by atoms with Gasteiger partial charge in [0.2, 0.25) is 5.95 Å². The molecular formula is C18H24N6O2. The number of nitrogens with zero attached hydrogens (tertiary/aromatic N) is 5. The van der Waals surface area contributed by atoms with Crippen molar-refractivity contribution in [1.82, 2.24) is 24.1 Å². The van der Waals surface area contributed by atoms with Crippen LogP contribution in [0.2, 0.25) is 0 Å². The first-order valence-electron chi connectivity index (χ1n) is 8.85. The van der Waals surface area contributed by atoms with Crippen molar-refractivity contribution in [2.45, 2.75) is 46.2 Å². The zero-order chi connectivity index (χ0) is 18.7. The number of rotatable bonds is 8. The van der Waals surface area contributed by atoms with E-state index >= 15 is 0 Å². The molecule has 0 unspecified atom stereocenters. The third-order valence-electron chi connectivity index (χ3n) is 4.27. The molecule has 0 aliphatic heterocycles. The second-order valence-electron chi connectivity index (χ2n) is 6.47. The average molecular weight is 356 g/mol. The van der Waals surface area contributed by atoms with E-state index in [2.05, 4.69) is 38.7 Å². The number of carbonyl (C=O) groups is 1. The molecule has 3 rings (SSSR count). The van der Waals surface area contributed by atoms with Crippen molar-refractivity contribution in [2.24, 2.45) is 0 Å². The summed E-state index contributed by atoms with van der Waals surface area (Å²) >= 11 is 0. The quantitative estimate of drug-likeness (QED) is 0.602. The Morgan fingerprint density at radius 2 is 2.15 bits per heavy atom. The molecule has 3 aromatic rings. The molecule has 0 bridgehead atoms. The molecule has 8 nitrogen and oxygen atoms in total. The van der Waals surface area contributed by atoms with Crippen molar-refractivity contribution in [3.63, 3.8) is 0 Å². The van der Waals surface area contributed by atoms with Gasteiger partial charge in [-0.15, -0.1) is 0 Å². The standard InChI is InChI=1S/C18H24N6O2/c1-4-24-16-14(10-13(11-21-16)17(25)26)22-18(24)20-6-5-8-23-9-7-19-15(23)12(2)3/h7,9-12H,4-6,8H2,1-3H3,(H,20,22)(H,25,26). The summed E-state index contributed by atoms with van der Waals surface area (Å²) in [5.41, 5.74) is 1.42. The number of hydrogen-bond acceptors (Lipinski definition) is 5. The average Bonchev–Trinajstić information content (AvgIpc) is 3.21. The van der Waals surface area contributed by atoms with E-state index < -0.39 is 5.97 Å². The summed E-state index contributed by atoms with van der Waals surface area (Å²) in [6.45, 7) is 8.63. The van der Waals surface area contributed by atoms with Crippen LogP contribution >= 0.6 is 0 Å². The van der Waals surface area contributed by atoms with Crippen LogP contribution in [-0.4, -0.2) is 41.7 Å². The molecule has 0 aliphatic carbocycles. The SMILES string of the molecule is CCn1c(NCCCn2ccnc2C(C)C)nc2cc(C(=O)O)cnc21. The highest BCUT2D eigenvalue weighted by Crippen LogP contribution is 2.19. The summed E-state index contributed by atoms with van der Waals surface area (Å²) in [5.74, 6) is 1.21. The largest absolute Gasteiger partial charge is 0.478 e. The number of anilines is 1. The van der Waals surface area contributed by atoms with Crippen LogP contribution in [0.5, 0.6) is 0 Å². The number of pyridine rings is 1. The first kappa shape index (κ1) is 17.9. The molecule has 26 heavy (non-hydrogen) atoms. The van der Waals surface area contributed by atoms with Crippen molar-refractivity contribution < 1.29 is 9.90 Å². The van der Waals surface area contributed by atoms with Gasteiger partial charge in [-0.3, -0.25) is 4.57 Å². The highest BCUT2D eigenvalue weighted by atomic mass is 16.4. The lowest BCUT2D eigenvalue weighted by Gasteiger charge is -2.11. The minimum atomic E-state index is -0.999. The van der Waals surface area contributed by atoms with Crippen LogP contribution in [0, 0.1) is 0 Å². The van der Waals surface area contributed by atoms with Gasteiger partial charge in [0.25, 0.3) is 0 Å². The van der Waals surface area contributed by atoms with Gasteiger partial charge in [0.05, 0.1) is 5.56 Å². The molecule has 0 amide bonds. The van der Waals surface area contributed by atoms with Crippen LogP contribution in [-0.2, 0) is 13.1 Å². The third kappa shape index (κ3) is 3.54. The maximum atomic E-state index is 11.1. The number of aromatic carboxylic acids is 1. The van der Waals surface area contributed by atoms with Crippen molar-refractivity contribution in [2.75, 3.05) is 11.9 Å². The van der Waals surface area contributed by atoms with Gasteiger partial charge in [0.1, 0.15) is 11.3 Å². The number of hydrogen-bond donors (Lipinski definition) is 2. The van der Waals surface area contributed by atoms with Gasteiger partial charge in [0, 0.05) is 44.1 Å². The van der Waals surface area contributed by atoms with Gasteiger partial charge in [0.15, 0.2) is 5.65 Å². The fraction of sp³-hybridized carbons (Fsp3) is 0.444. The Hall–Kier alpha value is -2.90. The number of carboxylic acids is 1. The predicted octanol–water partition coefficient (Wildman–Crippen LogP) is 2.97. The van der Waals surface area contributed by atoms with E-state index in [1.165, 1.54) is 6.20 Å². The zero-order valence-corrected chi connectivity index (χ0v) is 15.3. The van der Waals surface area contributed by atoms with Crippen LogP contribution in [0.1, 0.15) is 49.3 Å². The van der Waals surface area contributed by atoms with Gasteiger partial charge in [-0.2, -0.15) is 0 Å². The third-order valence-corrected chi connectivity index (χ3v) is 4.27. The number of imidazole rings is 2. The van der Waals surface area contributed by atoms with Crippen molar-refractivity contribution in [3.05, 3.63) is 36.0 Å². The summed E-state index contributed by atoms with van der Waals surface area (Å²) in [7, 11) is 0. The van der Waals surface area contributed by atoms with E-state index in [0.717, 1.165) is 25.3 Å². The fourth-order valence-electron chi connectivity index (χ4n) is 3.02. The van der Waals surface area contributed by atoms with E-state index in [0.29, 0.717) is 29.6 Å². The molecule has 3 aromatic heterocycles. The number of aromatic nitrogens is 5. The van der Waals surface area contributed by atoms with Gasteiger partial charge in [-0.1, -0.05) is 13.8 Å². The Kier molecular flexibility index (Phi) is 5.20. The topological polar surface area (TPSA) is 97.9 Å². The zero-order valence-electron chi connectivity index (χ0n) is 15.3. The molecule has 0 saturated heterocycles. The lowest BCUT2D eigenvalue weighted by Crippen LogP contribution is -2.12. The Morgan fingerprint density at radius 3 is 2.85 bits per heavy atom. The number of fused-ring (bicyclic) bond motifs is 1. The van der Waals surface area contributed by atoms with E-state index in [-0.39, 0.29) is 5.56 Å². The van der Waals surface area contributed by atoms with E-state index in [1.807, 2.05) is 23.9 Å².